The number of nitrogens with two attached hydrogens (primary N) is 1. The van der Waals surface area contributed by atoms with E-state index in [1.165, 1.54) is 19.4 Å². The third-order valence-electron chi connectivity index (χ3n) is 3.06. The molecule has 0 bridgehead atoms. The van der Waals surface area contributed by atoms with E-state index >= 15 is 0 Å². The van der Waals surface area contributed by atoms with E-state index in [0.717, 1.165) is 0 Å². The summed E-state index contributed by atoms with van der Waals surface area (Å²) in [6, 6.07) is 10.8. The number of nitrogens with zero attached hydrogens (tertiary/aromatic N) is 3. The molecule has 0 fully saturated rings. The number of para-hydroxylation sites is 1. The smallest absolute Gasteiger partial charge is 0.340 e. The first kappa shape index (κ1) is 14.3. The average molecular weight is 282 g/mol. The molecule has 1 heterocycles. The lowest BCUT2D eigenvalue weighted by molar-refractivity contribution is 0.0602. The van der Waals surface area contributed by atoms with Gasteiger partial charge in [0.15, 0.2) is 0 Å². The van der Waals surface area contributed by atoms with Gasteiger partial charge in [0.2, 0.25) is 0 Å². The average Bonchev–Trinajstić information content (AvgIpc) is 2.53. The van der Waals surface area contributed by atoms with E-state index < -0.39 is 5.97 Å². The van der Waals surface area contributed by atoms with Crippen LogP contribution in [-0.4, -0.2) is 25.1 Å². The molecule has 21 heavy (non-hydrogen) atoms. The lowest BCUT2D eigenvalue weighted by atomic mass is 10.1. The van der Waals surface area contributed by atoms with Gasteiger partial charge in [0, 0.05) is 7.05 Å². The number of rotatable bonds is 3. The van der Waals surface area contributed by atoms with Crippen LogP contribution < -0.4 is 10.6 Å². The molecule has 0 atom stereocenters. The Bertz CT molecular complexity index is 722. The zero-order valence-corrected chi connectivity index (χ0v) is 11.7. The normalized spacial score (nSPS) is 9.76. The summed E-state index contributed by atoms with van der Waals surface area (Å²) in [4.78, 5) is 17.6. The molecule has 1 aromatic carbocycles. The van der Waals surface area contributed by atoms with Crippen LogP contribution in [0.2, 0.25) is 0 Å². The molecular weight excluding hydrogens is 268 g/mol. The number of hydrogen-bond acceptors (Lipinski definition) is 6. The summed E-state index contributed by atoms with van der Waals surface area (Å²) in [7, 11) is 3.05. The summed E-state index contributed by atoms with van der Waals surface area (Å²) >= 11 is 0. The Morgan fingerprint density at radius 3 is 2.81 bits per heavy atom. The number of esters is 1. The standard InChI is InChI=1S/C15H14N4O2/c1-19(13-6-4-3-5-10(13)8-16)14-7-11(15(20)21-2)12(17)9-18-14/h3-7,9H,17H2,1-2H3. The number of aromatic nitrogens is 1. The summed E-state index contributed by atoms with van der Waals surface area (Å²) in [5.74, 6) is -0.0366. The first-order chi connectivity index (χ1) is 10.1. The number of nitrogen functional groups attached to an aromatic ring is 1. The molecule has 0 aliphatic carbocycles. The van der Waals surface area contributed by atoms with Gasteiger partial charge in [-0.3, -0.25) is 0 Å². The van der Waals surface area contributed by atoms with Gasteiger partial charge in [0.05, 0.1) is 35.8 Å². The minimum absolute atomic E-state index is 0.240. The van der Waals surface area contributed by atoms with E-state index in [1.807, 2.05) is 6.07 Å². The van der Waals surface area contributed by atoms with Gasteiger partial charge in [0.25, 0.3) is 0 Å². The second kappa shape index (κ2) is 5.92. The molecule has 0 amide bonds. The van der Waals surface area contributed by atoms with E-state index in [1.54, 1.807) is 30.1 Å². The van der Waals surface area contributed by atoms with Crippen LogP contribution >= 0.6 is 0 Å². The third-order valence-corrected chi connectivity index (χ3v) is 3.06. The van der Waals surface area contributed by atoms with Crippen molar-refractivity contribution in [2.45, 2.75) is 0 Å². The number of pyridine rings is 1. The largest absolute Gasteiger partial charge is 0.465 e. The van der Waals surface area contributed by atoms with Crippen molar-refractivity contribution in [3.05, 3.63) is 47.7 Å². The molecule has 6 nitrogen and oxygen atoms in total. The van der Waals surface area contributed by atoms with Crippen LogP contribution in [0.5, 0.6) is 0 Å². The van der Waals surface area contributed by atoms with E-state index in [4.69, 9.17) is 11.0 Å². The monoisotopic (exact) mass is 282 g/mol. The van der Waals surface area contributed by atoms with Crippen LogP contribution in [0, 0.1) is 11.3 Å². The number of methoxy groups -OCH3 is 1. The Morgan fingerprint density at radius 1 is 1.43 bits per heavy atom. The summed E-state index contributed by atoms with van der Waals surface area (Å²) in [5, 5.41) is 9.15. The van der Waals surface area contributed by atoms with Gasteiger partial charge in [0.1, 0.15) is 11.9 Å². The molecule has 2 N–H and O–H groups in total. The summed E-state index contributed by atoms with van der Waals surface area (Å²) < 4.78 is 4.68. The summed E-state index contributed by atoms with van der Waals surface area (Å²) in [5.41, 5.74) is 7.41. The van der Waals surface area contributed by atoms with Crippen molar-refractivity contribution in [3.63, 3.8) is 0 Å². The molecule has 0 unspecified atom stereocenters. The first-order valence-electron chi connectivity index (χ1n) is 6.15. The number of anilines is 3. The lowest BCUT2D eigenvalue weighted by Crippen LogP contribution is -2.15. The lowest BCUT2D eigenvalue weighted by Gasteiger charge is -2.20. The molecule has 0 aliphatic heterocycles. The van der Waals surface area contributed by atoms with Gasteiger partial charge in [-0.2, -0.15) is 5.26 Å². The summed E-state index contributed by atoms with van der Waals surface area (Å²) in [6.07, 6.45) is 1.40. The molecule has 0 saturated heterocycles. The molecule has 0 radical (unpaired) electrons. The third kappa shape index (κ3) is 2.77. The quantitative estimate of drug-likeness (QED) is 0.866. The Balaban J connectivity index is 2.47. The maximum Gasteiger partial charge on any atom is 0.340 e. The molecule has 0 aliphatic rings. The van der Waals surface area contributed by atoms with Gasteiger partial charge < -0.3 is 15.4 Å². The molecule has 0 spiro atoms. The number of benzene rings is 1. The highest BCUT2D eigenvalue weighted by atomic mass is 16.5. The van der Waals surface area contributed by atoms with Crippen LogP contribution in [0.4, 0.5) is 17.2 Å². The summed E-state index contributed by atoms with van der Waals surface area (Å²) in [6.45, 7) is 0. The maximum absolute atomic E-state index is 11.7. The molecule has 2 rings (SSSR count). The molecule has 1 aromatic heterocycles. The minimum atomic E-state index is -0.530. The first-order valence-corrected chi connectivity index (χ1v) is 6.15. The highest BCUT2D eigenvalue weighted by molar-refractivity contribution is 5.95. The second-order valence-electron chi connectivity index (χ2n) is 4.31. The van der Waals surface area contributed by atoms with E-state index in [-0.39, 0.29) is 11.3 Å². The van der Waals surface area contributed by atoms with Crippen LogP contribution in [0.3, 0.4) is 0 Å². The van der Waals surface area contributed by atoms with Gasteiger partial charge in [-0.05, 0) is 18.2 Å². The van der Waals surface area contributed by atoms with Crippen molar-refractivity contribution in [3.8, 4) is 6.07 Å². The van der Waals surface area contributed by atoms with Crippen LogP contribution in [0.25, 0.3) is 0 Å². The van der Waals surface area contributed by atoms with Crippen molar-refractivity contribution in [1.82, 2.24) is 4.98 Å². The fourth-order valence-corrected chi connectivity index (χ4v) is 1.91. The minimum Gasteiger partial charge on any atom is -0.465 e. The maximum atomic E-state index is 11.7. The molecule has 0 saturated carbocycles. The van der Waals surface area contributed by atoms with E-state index in [2.05, 4.69) is 15.8 Å². The fourth-order valence-electron chi connectivity index (χ4n) is 1.91. The second-order valence-corrected chi connectivity index (χ2v) is 4.31. The zero-order chi connectivity index (χ0) is 15.4. The molecule has 106 valence electrons. The van der Waals surface area contributed by atoms with Crippen LogP contribution in [0.15, 0.2) is 36.5 Å². The zero-order valence-electron chi connectivity index (χ0n) is 11.7. The Hall–Kier alpha value is -3.07. The predicted molar refractivity (Wildman–Crippen MR) is 79.2 cm³/mol. The van der Waals surface area contributed by atoms with Gasteiger partial charge in [-0.1, -0.05) is 12.1 Å². The molecule has 6 heteroatoms. The highest BCUT2D eigenvalue weighted by Gasteiger charge is 2.15. The van der Waals surface area contributed by atoms with Gasteiger partial charge in [-0.15, -0.1) is 0 Å². The number of nitriles is 1. The number of carbonyl (C=O) groups excluding carboxylic acids is 1. The Kier molecular flexibility index (Phi) is 4.05. The Morgan fingerprint density at radius 2 is 2.14 bits per heavy atom. The van der Waals surface area contributed by atoms with Gasteiger partial charge in [-0.25, -0.2) is 9.78 Å². The number of carbonyl (C=O) groups is 1. The molecular formula is C15H14N4O2. The topological polar surface area (TPSA) is 92.2 Å². The van der Waals surface area contributed by atoms with E-state index in [9.17, 15) is 4.79 Å². The van der Waals surface area contributed by atoms with Crippen molar-refractivity contribution >= 4 is 23.2 Å². The Labute approximate surface area is 122 Å². The number of hydrogen-bond donors (Lipinski definition) is 1. The molecule has 2 aromatic rings. The van der Waals surface area contributed by atoms with Crippen molar-refractivity contribution < 1.29 is 9.53 Å². The highest BCUT2D eigenvalue weighted by Crippen LogP contribution is 2.27. The fraction of sp³-hybridized carbons (Fsp3) is 0.133. The van der Waals surface area contributed by atoms with Crippen molar-refractivity contribution in [1.29, 1.82) is 5.26 Å². The van der Waals surface area contributed by atoms with Crippen molar-refractivity contribution in [2.24, 2.45) is 0 Å². The number of ether oxygens (including phenoxy) is 1. The van der Waals surface area contributed by atoms with Crippen molar-refractivity contribution in [2.75, 3.05) is 24.8 Å². The predicted octanol–water partition coefficient (Wildman–Crippen LogP) is 2.09. The van der Waals surface area contributed by atoms with E-state index in [0.29, 0.717) is 17.1 Å². The van der Waals surface area contributed by atoms with Crippen LogP contribution in [0.1, 0.15) is 15.9 Å². The SMILES string of the molecule is COC(=O)c1cc(N(C)c2ccccc2C#N)ncc1N. The van der Waals surface area contributed by atoms with Gasteiger partial charge >= 0.3 is 5.97 Å². The van der Waals surface area contributed by atoms with Crippen LogP contribution in [-0.2, 0) is 4.74 Å².